The Labute approximate surface area is 157 Å². The fourth-order valence-electron chi connectivity index (χ4n) is 2.75. The van der Waals surface area contributed by atoms with Gasteiger partial charge in [-0.25, -0.2) is 18.4 Å². The number of nitrogens with one attached hydrogen (secondary N) is 1. The van der Waals surface area contributed by atoms with Gasteiger partial charge >= 0.3 is 12.0 Å². The van der Waals surface area contributed by atoms with Crippen molar-refractivity contribution in [1.29, 1.82) is 0 Å². The lowest BCUT2D eigenvalue weighted by atomic mass is 9.92. The Hall–Kier alpha value is -2.22. The van der Waals surface area contributed by atoms with E-state index >= 15 is 0 Å². The van der Waals surface area contributed by atoms with Gasteiger partial charge in [0.25, 0.3) is 6.43 Å². The highest BCUT2D eigenvalue weighted by atomic mass is 19.3. The molecule has 0 radical (unpaired) electrons. The van der Waals surface area contributed by atoms with Crippen LogP contribution < -0.4 is 5.32 Å². The van der Waals surface area contributed by atoms with Crippen LogP contribution in [-0.4, -0.2) is 52.7 Å². The lowest BCUT2D eigenvalue weighted by Crippen LogP contribution is -2.52. The van der Waals surface area contributed by atoms with Crippen LogP contribution in [0.1, 0.15) is 49.5 Å². The van der Waals surface area contributed by atoms with Crippen LogP contribution in [0.25, 0.3) is 0 Å². The molecule has 2 N–H and O–H groups in total. The Morgan fingerprint density at radius 1 is 1.30 bits per heavy atom. The summed E-state index contributed by atoms with van der Waals surface area (Å²) in [5, 5.41) is 12.5. The fourth-order valence-corrected chi connectivity index (χ4v) is 2.75. The predicted molar refractivity (Wildman–Crippen MR) is 95.6 cm³/mol. The lowest BCUT2D eigenvalue weighted by Gasteiger charge is -2.37. The van der Waals surface area contributed by atoms with Gasteiger partial charge in [-0.05, 0) is 51.3 Å². The highest BCUT2D eigenvalue weighted by molar-refractivity contribution is 5.89. The molecular weight excluding hydrogens is 358 g/mol. The summed E-state index contributed by atoms with van der Waals surface area (Å²) in [5.74, 6) is -0.446. The summed E-state index contributed by atoms with van der Waals surface area (Å²) >= 11 is 0. The zero-order chi connectivity index (χ0) is 20.2. The summed E-state index contributed by atoms with van der Waals surface area (Å²) in [6, 6.07) is 6.34. The van der Waals surface area contributed by atoms with E-state index < -0.39 is 29.6 Å². The van der Waals surface area contributed by atoms with E-state index in [2.05, 4.69) is 5.32 Å². The Morgan fingerprint density at radius 2 is 1.93 bits per heavy atom. The molecule has 0 aromatic heterocycles. The smallest absolute Gasteiger partial charge is 0.338 e. The first-order valence-corrected chi connectivity index (χ1v) is 8.86. The monoisotopic (exact) mass is 384 g/mol. The number of halogens is 2. The molecule has 0 spiro atoms. The normalized spacial score (nSPS) is 16.9. The van der Waals surface area contributed by atoms with E-state index in [1.807, 2.05) is 0 Å². The number of benzene rings is 1. The second-order valence-corrected chi connectivity index (χ2v) is 7.75. The van der Waals surface area contributed by atoms with Crippen molar-refractivity contribution in [2.75, 3.05) is 13.1 Å². The average Bonchev–Trinajstić information content (AvgIpc) is 2.59. The molecule has 0 atom stereocenters. The van der Waals surface area contributed by atoms with Crippen molar-refractivity contribution in [3.8, 4) is 0 Å². The summed E-state index contributed by atoms with van der Waals surface area (Å²) in [4.78, 5) is 25.7. The van der Waals surface area contributed by atoms with Crippen LogP contribution in [0, 0.1) is 0 Å². The SMILES string of the molecule is CC(C)(C)OC(=O)c1cccc(CNC(=O)N2CCC(O)(C(F)F)CC2)c1. The van der Waals surface area contributed by atoms with E-state index in [1.54, 1.807) is 45.0 Å². The number of carbonyl (C=O) groups excluding carboxylic acids is 2. The van der Waals surface area contributed by atoms with Crippen LogP contribution in [0.3, 0.4) is 0 Å². The van der Waals surface area contributed by atoms with E-state index in [4.69, 9.17) is 4.74 Å². The molecule has 150 valence electrons. The van der Waals surface area contributed by atoms with Crippen LogP contribution in [-0.2, 0) is 11.3 Å². The number of hydrogen-bond donors (Lipinski definition) is 2. The van der Waals surface area contributed by atoms with Crippen LogP contribution in [0.4, 0.5) is 13.6 Å². The molecule has 1 aliphatic heterocycles. The number of piperidine rings is 1. The number of alkyl halides is 2. The molecule has 27 heavy (non-hydrogen) atoms. The van der Waals surface area contributed by atoms with Crippen LogP contribution in [0.2, 0.25) is 0 Å². The van der Waals surface area contributed by atoms with Crippen molar-refractivity contribution >= 4 is 12.0 Å². The zero-order valence-corrected chi connectivity index (χ0v) is 15.8. The number of carbonyl (C=O) groups is 2. The first-order valence-electron chi connectivity index (χ1n) is 8.86. The lowest BCUT2D eigenvalue weighted by molar-refractivity contribution is -0.122. The third kappa shape index (κ3) is 5.89. The van der Waals surface area contributed by atoms with Gasteiger partial charge < -0.3 is 20.1 Å². The number of hydrogen-bond acceptors (Lipinski definition) is 4. The molecule has 0 bridgehead atoms. The molecule has 8 heteroatoms. The van der Waals surface area contributed by atoms with Gasteiger partial charge in [-0.15, -0.1) is 0 Å². The summed E-state index contributed by atoms with van der Waals surface area (Å²) in [6.45, 7) is 5.65. The van der Waals surface area contributed by atoms with Crippen molar-refractivity contribution in [2.24, 2.45) is 0 Å². The molecule has 0 unspecified atom stereocenters. The number of rotatable bonds is 4. The summed E-state index contributed by atoms with van der Waals surface area (Å²) < 4.78 is 30.9. The second kappa shape index (κ2) is 8.21. The summed E-state index contributed by atoms with van der Waals surface area (Å²) in [6.07, 6.45) is -3.14. The summed E-state index contributed by atoms with van der Waals surface area (Å²) in [7, 11) is 0. The Bertz CT molecular complexity index is 681. The quantitative estimate of drug-likeness (QED) is 0.783. The Morgan fingerprint density at radius 3 is 2.48 bits per heavy atom. The van der Waals surface area contributed by atoms with Crippen LogP contribution >= 0.6 is 0 Å². The first-order chi connectivity index (χ1) is 12.5. The van der Waals surface area contributed by atoms with Crippen molar-refractivity contribution in [3.63, 3.8) is 0 Å². The van der Waals surface area contributed by atoms with E-state index in [1.165, 1.54) is 4.90 Å². The molecular formula is C19H26F2N2O4. The number of nitrogens with zero attached hydrogens (tertiary/aromatic N) is 1. The van der Waals surface area contributed by atoms with Gasteiger partial charge in [0.2, 0.25) is 0 Å². The Kier molecular flexibility index (Phi) is 6.41. The van der Waals surface area contributed by atoms with Gasteiger partial charge in [0.1, 0.15) is 11.2 Å². The van der Waals surface area contributed by atoms with Gasteiger partial charge in [0.15, 0.2) is 0 Å². The van der Waals surface area contributed by atoms with E-state index in [9.17, 15) is 23.5 Å². The third-order valence-corrected chi connectivity index (χ3v) is 4.33. The molecule has 6 nitrogen and oxygen atoms in total. The molecule has 0 saturated carbocycles. The average molecular weight is 384 g/mol. The van der Waals surface area contributed by atoms with Gasteiger partial charge in [-0.2, -0.15) is 0 Å². The maximum Gasteiger partial charge on any atom is 0.338 e. The minimum atomic E-state index is -2.82. The summed E-state index contributed by atoms with van der Waals surface area (Å²) in [5.41, 5.74) is -1.52. The van der Waals surface area contributed by atoms with E-state index in [-0.39, 0.29) is 32.5 Å². The van der Waals surface area contributed by atoms with Crippen LogP contribution in [0.5, 0.6) is 0 Å². The molecule has 1 aromatic carbocycles. The molecule has 1 heterocycles. The maximum absolute atomic E-state index is 12.8. The second-order valence-electron chi connectivity index (χ2n) is 7.75. The minimum Gasteiger partial charge on any atom is -0.456 e. The van der Waals surface area contributed by atoms with Crippen molar-refractivity contribution in [1.82, 2.24) is 10.2 Å². The van der Waals surface area contributed by atoms with Gasteiger partial charge in [0, 0.05) is 19.6 Å². The predicted octanol–water partition coefficient (Wildman–Crippen LogP) is 2.94. The van der Waals surface area contributed by atoms with E-state index in [0.29, 0.717) is 11.1 Å². The van der Waals surface area contributed by atoms with Crippen LogP contribution in [0.15, 0.2) is 24.3 Å². The van der Waals surface area contributed by atoms with Gasteiger partial charge in [-0.1, -0.05) is 12.1 Å². The topological polar surface area (TPSA) is 78.9 Å². The fraction of sp³-hybridized carbons (Fsp3) is 0.579. The molecule has 2 amide bonds. The number of aliphatic hydroxyl groups is 1. The largest absolute Gasteiger partial charge is 0.456 e. The zero-order valence-electron chi connectivity index (χ0n) is 15.8. The molecule has 1 fully saturated rings. The maximum atomic E-state index is 12.8. The number of esters is 1. The van der Waals surface area contributed by atoms with Crippen molar-refractivity contribution < 1.29 is 28.2 Å². The standard InChI is InChI=1S/C19H26F2N2O4/c1-18(2,3)27-15(24)14-6-4-5-13(11-14)12-22-17(25)23-9-7-19(26,8-10-23)16(20)21/h4-6,11,16,26H,7-10,12H2,1-3H3,(H,22,25). The number of amides is 2. The number of urea groups is 1. The highest BCUT2D eigenvalue weighted by Crippen LogP contribution is 2.28. The molecule has 2 rings (SSSR count). The third-order valence-electron chi connectivity index (χ3n) is 4.33. The molecule has 1 aliphatic rings. The van der Waals surface area contributed by atoms with Gasteiger partial charge in [0.05, 0.1) is 5.56 Å². The molecule has 0 aliphatic carbocycles. The molecule has 1 aromatic rings. The first kappa shape index (κ1) is 21.1. The van der Waals surface area contributed by atoms with Crippen molar-refractivity contribution in [3.05, 3.63) is 35.4 Å². The van der Waals surface area contributed by atoms with Gasteiger partial charge in [-0.3, -0.25) is 0 Å². The number of likely N-dealkylation sites (tertiary alicyclic amines) is 1. The number of ether oxygens (including phenoxy) is 1. The molecule has 1 saturated heterocycles. The Balaban J connectivity index is 1.89. The van der Waals surface area contributed by atoms with Crippen molar-refractivity contribution in [2.45, 2.75) is 57.8 Å². The highest BCUT2D eigenvalue weighted by Gasteiger charge is 2.41. The minimum absolute atomic E-state index is 0.0601. The van der Waals surface area contributed by atoms with E-state index in [0.717, 1.165) is 0 Å².